The Balaban J connectivity index is 2.49. The fourth-order valence-corrected chi connectivity index (χ4v) is 2.93. The van der Waals surface area contributed by atoms with Crippen molar-refractivity contribution in [3.63, 3.8) is 0 Å². The molecule has 94 valence electrons. The number of hydrogen-bond acceptors (Lipinski definition) is 3. The van der Waals surface area contributed by atoms with E-state index in [9.17, 15) is 13.6 Å². The summed E-state index contributed by atoms with van der Waals surface area (Å²) in [6.07, 6.45) is 0. The van der Waals surface area contributed by atoms with Gasteiger partial charge in [-0.1, -0.05) is 0 Å². The first-order valence-corrected chi connectivity index (χ1v) is 6.56. The molecule has 2 N–H and O–H groups in total. The van der Waals surface area contributed by atoms with Gasteiger partial charge in [0.25, 0.3) is 0 Å². The second-order valence-corrected chi connectivity index (χ2v) is 5.81. The highest BCUT2D eigenvalue weighted by molar-refractivity contribution is 9.10. The van der Waals surface area contributed by atoms with Gasteiger partial charge in [-0.3, -0.25) is 4.79 Å². The Bertz CT molecular complexity index is 620. The zero-order chi connectivity index (χ0) is 13.4. The molecule has 0 saturated carbocycles. The Morgan fingerprint density at radius 3 is 2.50 bits per heavy atom. The summed E-state index contributed by atoms with van der Waals surface area (Å²) in [6.45, 7) is 1.83. The number of benzene rings is 1. The Kier molecular flexibility index (Phi) is 3.49. The molecule has 0 saturated heterocycles. The van der Waals surface area contributed by atoms with Crippen LogP contribution in [0.3, 0.4) is 0 Å². The molecule has 0 bridgehead atoms. The highest BCUT2D eigenvalue weighted by atomic mass is 79.9. The number of ketones is 1. The SMILES string of the molecule is Cc1sc(C(=O)c2cc(N)c(F)cc2F)cc1Br. The van der Waals surface area contributed by atoms with Crippen molar-refractivity contribution in [2.45, 2.75) is 6.92 Å². The van der Waals surface area contributed by atoms with Crippen LogP contribution in [0.4, 0.5) is 14.5 Å². The van der Waals surface area contributed by atoms with E-state index in [1.54, 1.807) is 6.07 Å². The van der Waals surface area contributed by atoms with E-state index in [0.29, 0.717) is 10.9 Å². The van der Waals surface area contributed by atoms with Crippen molar-refractivity contribution in [2.75, 3.05) is 5.73 Å². The molecule has 2 nitrogen and oxygen atoms in total. The fraction of sp³-hybridized carbons (Fsp3) is 0.0833. The van der Waals surface area contributed by atoms with Crippen LogP contribution in [0.25, 0.3) is 0 Å². The summed E-state index contributed by atoms with van der Waals surface area (Å²) in [5.74, 6) is -2.28. The summed E-state index contributed by atoms with van der Waals surface area (Å²) in [5, 5.41) is 0. The minimum absolute atomic E-state index is 0.220. The van der Waals surface area contributed by atoms with Gasteiger partial charge in [-0.2, -0.15) is 0 Å². The largest absolute Gasteiger partial charge is 0.396 e. The molecule has 18 heavy (non-hydrogen) atoms. The number of nitrogen functional groups attached to an aromatic ring is 1. The summed E-state index contributed by atoms with van der Waals surface area (Å²) in [7, 11) is 0. The van der Waals surface area contributed by atoms with Crippen molar-refractivity contribution in [1.29, 1.82) is 0 Å². The maximum absolute atomic E-state index is 13.6. The van der Waals surface area contributed by atoms with Gasteiger partial charge >= 0.3 is 0 Å². The Morgan fingerprint density at radius 2 is 1.94 bits per heavy atom. The van der Waals surface area contributed by atoms with Gasteiger partial charge in [0, 0.05) is 15.4 Å². The highest BCUT2D eigenvalue weighted by Crippen LogP contribution is 2.29. The molecular weight excluding hydrogens is 324 g/mol. The predicted octanol–water partition coefficient (Wildman–Crippen LogP) is 3.91. The van der Waals surface area contributed by atoms with E-state index in [-0.39, 0.29) is 11.3 Å². The lowest BCUT2D eigenvalue weighted by Crippen LogP contribution is -2.05. The van der Waals surface area contributed by atoms with Gasteiger partial charge in [0.1, 0.15) is 11.6 Å². The normalized spacial score (nSPS) is 10.7. The van der Waals surface area contributed by atoms with E-state index in [0.717, 1.165) is 15.4 Å². The lowest BCUT2D eigenvalue weighted by atomic mass is 10.1. The minimum Gasteiger partial charge on any atom is -0.396 e. The zero-order valence-corrected chi connectivity index (χ0v) is 11.7. The fourth-order valence-electron chi connectivity index (χ4n) is 1.44. The molecular formula is C12H8BrF2NOS. The first-order valence-electron chi connectivity index (χ1n) is 4.95. The molecule has 0 aliphatic heterocycles. The number of anilines is 1. The molecule has 0 amide bonds. The van der Waals surface area contributed by atoms with Crippen LogP contribution >= 0.6 is 27.3 Å². The quantitative estimate of drug-likeness (QED) is 0.669. The lowest BCUT2D eigenvalue weighted by Gasteiger charge is -2.03. The number of thiophene rings is 1. The van der Waals surface area contributed by atoms with Crippen LogP contribution in [0.2, 0.25) is 0 Å². The molecule has 0 fully saturated rings. The molecule has 1 aromatic carbocycles. The number of carbonyl (C=O) groups excluding carboxylic acids is 1. The molecule has 0 unspecified atom stereocenters. The monoisotopic (exact) mass is 331 g/mol. The van der Waals surface area contributed by atoms with E-state index in [4.69, 9.17) is 5.73 Å². The van der Waals surface area contributed by atoms with Gasteiger partial charge in [0.2, 0.25) is 5.78 Å². The Morgan fingerprint density at radius 1 is 1.28 bits per heavy atom. The number of rotatable bonds is 2. The van der Waals surface area contributed by atoms with Gasteiger partial charge in [-0.15, -0.1) is 11.3 Å². The van der Waals surface area contributed by atoms with Crippen LogP contribution < -0.4 is 5.73 Å². The maximum Gasteiger partial charge on any atom is 0.206 e. The standard InChI is InChI=1S/C12H8BrF2NOS/c1-5-7(13)3-11(18-5)12(17)6-2-10(16)9(15)4-8(6)14/h2-4H,16H2,1H3. The van der Waals surface area contributed by atoms with Gasteiger partial charge in [-0.25, -0.2) is 8.78 Å². The van der Waals surface area contributed by atoms with Crippen LogP contribution in [0, 0.1) is 18.6 Å². The minimum atomic E-state index is -0.908. The molecule has 6 heteroatoms. The third-order valence-corrected chi connectivity index (χ3v) is 4.55. The van der Waals surface area contributed by atoms with Crippen molar-refractivity contribution in [2.24, 2.45) is 0 Å². The van der Waals surface area contributed by atoms with E-state index in [2.05, 4.69) is 15.9 Å². The van der Waals surface area contributed by atoms with Gasteiger partial charge in [0.15, 0.2) is 0 Å². The summed E-state index contributed by atoms with van der Waals surface area (Å²) in [4.78, 5) is 13.4. The maximum atomic E-state index is 13.6. The topological polar surface area (TPSA) is 43.1 Å². The van der Waals surface area contributed by atoms with E-state index in [1.807, 2.05) is 6.92 Å². The average Bonchev–Trinajstić information content (AvgIpc) is 2.63. The molecule has 0 aliphatic rings. The molecule has 0 atom stereocenters. The lowest BCUT2D eigenvalue weighted by molar-refractivity contribution is 0.103. The van der Waals surface area contributed by atoms with Crippen molar-refractivity contribution < 1.29 is 13.6 Å². The summed E-state index contributed by atoms with van der Waals surface area (Å²) in [6, 6.07) is 3.26. The third kappa shape index (κ3) is 2.30. The van der Waals surface area contributed by atoms with Crippen molar-refractivity contribution in [3.05, 3.63) is 49.6 Å². The van der Waals surface area contributed by atoms with Gasteiger partial charge < -0.3 is 5.73 Å². The molecule has 0 spiro atoms. The van der Waals surface area contributed by atoms with Crippen LogP contribution in [0.15, 0.2) is 22.7 Å². The van der Waals surface area contributed by atoms with Crippen LogP contribution in [0.5, 0.6) is 0 Å². The number of nitrogens with two attached hydrogens (primary N) is 1. The summed E-state index contributed by atoms with van der Waals surface area (Å²) >= 11 is 4.52. The molecule has 0 aliphatic carbocycles. The average molecular weight is 332 g/mol. The van der Waals surface area contributed by atoms with E-state index < -0.39 is 17.4 Å². The van der Waals surface area contributed by atoms with Crippen LogP contribution in [0.1, 0.15) is 20.1 Å². The van der Waals surface area contributed by atoms with E-state index >= 15 is 0 Å². The molecule has 1 heterocycles. The van der Waals surface area contributed by atoms with Crippen LogP contribution in [-0.2, 0) is 0 Å². The number of aryl methyl sites for hydroxylation is 1. The second-order valence-electron chi connectivity index (χ2n) is 3.70. The first kappa shape index (κ1) is 13.2. The van der Waals surface area contributed by atoms with Gasteiger partial charge in [-0.05, 0) is 35.0 Å². The summed E-state index contributed by atoms with van der Waals surface area (Å²) < 4.78 is 27.3. The van der Waals surface area contributed by atoms with E-state index in [1.165, 1.54) is 11.3 Å². The van der Waals surface area contributed by atoms with Crippen molar-refractivity contribution >= 4 is 38.7 Å². The Hall–Kier alpha value is -1.27. The molecule has 1 aromatic heterocycles. The number of carbonyl (C=O) groups is 1. The molecule has 0 radical (unpaired) electrons. The van der Waals surface area contributed by atoms with Gasteiger partial charge in [0.05, 0.1) is 16.1 Å². The summed E-state index contributed by atoms with van der Waals surface area (Å²) in [5.41, 5.74) is 4.88. The Labute approximate surface area is 115 Å². The van der Waals surface area contributed by atoms with Crippen molar-refractivity contribution in [3.8, 4) is 0 Å². The molecule has 2 rings (SSSR count). The number of hydrogen-bond donors (Lipinski definition) is 1. The molecule has 2 aromatic rings. The smallest absolute Gasteiger partial charge is 0.206 e. The van der Waals surface area contributed by atoms with Crippen molar-refractivity contribution in [1.82, 2.24) is 0 Å². The van der Waals surface area contributed by atoms with Crippen LogP contribution in [-0.4, -0.2) is 5.78 Å². The second kappa shape index (κ2) is 4.78. The zero-order valence-electron chi connectivity index (χ0n) is 9.26. The highest BCUT2D eigenvalue weighted by Gasteiger charge is 2.19. The first-order chi connectivity index (χ1) is 8.40. The predicted molar refractivity (Wildman–Crippen MR) is 71.0 cm³/mol. The third-order valence-electron chi connectivity index (χ3n) is 2.41. The number of halogens is 3.